The van der Waals surface area contributed by atoms with Crippen molar-refractivity contribution < 1.29 is 14.3 Å². The molecule has 0 saturated heterocycles. The van der Waals surface area contributed by atoms with Crippen LogP contribution in [0.2, 0.25) is 0 Å². The van der Waals surface area contributed by atoms with Gasteiger partial charge in [0, 0.05) is 19.3 Å². The van der Waals surface area contributed by atoms with Gasteiger partial charge in [-0.3, -0.25) is 4.79 Å². The van der Waals surface area contributed by atoms with Crippen molar-refractivity contribution in [1.82, 2.24) is 4.90 Å². The van der Waals surface area contributed by atoms with Gasteiger partial charge in [-0.05, 0) is 44.5 Å². The van der Waals surface area contributed by atoms with E-state index in [0.717, 1.165) is 24.5 Å². The van der Waals surface area contributed by atoms with Crippen molar-refractivity contribution in [2.45, 2.75) is 33.3 Å². The van der Waals surface area contributed by atoms with Crippen molar-refractivity contribution in [3.05, 3.63) is 24.3 Å². The average molecular weight is 311 g/mol. The number of nitrogens with zero attached hydrogens (tertiary/aromatic N) is 1. The Balaban J connectivity index is 2.28. The number of ether oxygens (including phenoxy) is 2. The van der Waals surface area contributed by atoms with Crippen molar-refractivity contribution >= 4 is 17.0 Å². The molecule has 0 N–H and O–H groups in total. The topological polar surface area (TPSA) is 38.8 Å². The molecule has 0 fully saturated rings. The number of rotatable bonds is 8. The van der Waals surface area contributed by atoms with Crippen molar-refractivity contribution in [3.63, 3.8) is 0 Å². The maximum absolute atomic E-state index is 11.6. The van der Waals surface area contributed by atoms with Crippen LogP contribution in [0.25, 0.3) is 0 Å². The molecule has 1 atom stereocenters. The van der Waals surface area contributed by atoms with E-state index in [1.54, 1.807) is 11.9 Å². The highest BCUT2D eigenvalue weighted by atomic mass is 32.2. The van der Waals surface area contributed by atoms with Crippen LogP contribution in [0, 0.1) is 0 Å². The monoisotopic (exact) mass is 311 g/mol. The first-order valence-corrected chi connectivity index (χ1v) is 8.32. The molecule has 4 nitrogen and oxygen atoms in total. The first-order chi connectivity index (χ1) is 10.1. The Bertz CT molecular complexity index is 422. The third-order valence-electron chi connectivity index (χ3n) is 3.10. The van der Waals surface area contributed by atoms with E-state index >= 15 is 0 Å². The van der Waals surface area contributed by atoms with E-state index < -0.39 is 0 Å². The SMILES string of the molecule is CCC(C)Oc1ccc(OCCSC(=O)N(C)CC)cc1. The van der Waals surface area contributed by atoms with Crippen LogP contribution in [0.4, 0.5) is 4.79 Å². The van der Waals surface area contributed by atoms with E-state index in [-0.39, 0.29) is 11.3 Å². The van der Waals surface area contributed by atoms with Crippen LogP contribution in [0.1, 0.15) is 27.2 Å². The van der Waals surface area contributed by atoms with Crippen LogP contribution < -0.4 is 9.47 Å². The lowest BCUT2D eigenvalue weighted by molar-refractivity contribution is 0.217. The second-order valence-corrected chi connectivity index (χ2v) is 5.83. The molecular weight excluding hydrogens is 286 g/mol. The van der Waals surface area contributed by atoms with Crippen LogP contribution in [0.15, 0.2) is 24.3 Å². The first kappa shape index (κ1) is 17.7. The van der Waals surface area contributed by atoms with Crippen LogP contribution in [0.3, 0.4) is 0 Å². The summed E-state index contributed by atoms with van der Waals surface area (Å²) in [5.74, 6) is 2.29. The van der Waals surface area contributed by atoms with Gasteiger partial charge in [-0.1, -0.05) is 18.7 Å². The molecule has 1 amide bonds. The molecule has 1 rings (SSSR count). The van der Waals surface area contributed by atoms with Crippen molar-refractivity contribution in [3.8, 4) is 11.5 Å². The van der Waals surface area contributed by atoms with Gasteiger partial charge in [0.1, 0.15) is 11.5 Å². The maximum atomic E-state index is 11.6. The molecule has 0 aliphatic carbocycles. The molecule has 0 spiro atoms. The standard InChI is InChI=1S/C16H25NO3S/c1-5-13(3)20-15-9-7-14(8-10-15)19-11-12-21-16(18)17(4)6-2/h7-10,13H,5-6,11-12H2,1-4H3. The van der Waals surface area contributed by atoms with Gasteiger partial charge >= 0.3 is 0 Å². The van der Waals surface area contributed by atoms with Gasteiger partial charge in [-0.2, -0.15) is 0 Å². The molecule has 0 aliphatic heterocycles. The van der Waals surface area contributed by atoms with E-state index in [1.165, 1.54) is 11.8 Å². The number of carbonyl (C=O) groups excluding carboxylic acids is 1. The smallest absolute Gasteiger partial charge is 0.281 e. The number of hydrogen-bond donors (Lipinski definition) is 0. The summed E-state index contributed by atoms with van der Waals surface area (Å²) in [4.78, 5) is 13.3. The van der Waals surface area contributed by atoms with E-state index in [2.05, 4.69) is 6.92 Å². The minimum atomic E-state index is 0.0819. The largest absolute Gasteiger partial charge is 0.493 e. The Morgan fingerprint density at radius 3 is 2.43 bits per heavy atom. The molecule has 1 aromatic carbocycles. The number of carbonyl (C=O) groups is 1. The van der Waals surface area contributed by atoms with E-state index in [1.807, 2.05) is 38.1 Å². The Morgan fingerprint density at radius 1 is 1.24 bits per heavy atom. The lowest BCUT2D eigenvalue weighted by atomic mass is 10.3. The van der Waals surface area contributed by atoms with Gasteiger partial charge in [0.2, 0.25) is 0 Å². The van der Waals surface area contributed by atoms with E-state index in [0.29, 0.717) is 12.4 Å². The number of hydrogen-bond acceptors (Lipinski definition) is 4. The Labute approximate surface area is 131 Å². The molecule has 0 aromatic heterocycles. The second kappa shape index (κ2) is 9.55. The number of benzene rings is 1. The first-order valence-electron chi connectivity index (χ1n) is 7.34. The summed E-state index contributed by atoms with van der Waals surface area (Å²) in [6.45, 7) is 7.34. The minimum Gasteiger partial charge on any atom is -0.493 e. The van der Waals surface area contributed by atoms with Crippen molar-refractivity contribution in [2.75, 3.05) is 26.0 Å². The van der Waals surface area contributed by atoms with Gasteiger partial charge in [-0.15, -0.1) is 0 Å². The summed E-state index contributed by atoms with van der Waals surface area (Å²) in [6, 6.07) is 7.60. The fourth-order valence-electron chi connectivity index (χ4n) is 1.46. The van der Waals surface area contributed by atoms with Gasteiger partial charge in [0.05, 0.1) is 12.7 Å². The molecule has 0 bridgehead atoms. The van der Waals surface area contributed by atoms with E-state index in [4.69, 9.17) is 9.47 Å². The maximum Gasteiger partial charge on any atom is 0.281 e. The quantitative estimate of drug-likeness (QED) is 0.679. The molecule has 21 heavy (non-hydrogen) atoms. The fraction of sp³-hybridized carbons (Fsp3) is 0.562. The summed E-state index contributed by atoms with van der Waals surface area (Å²) in [5.41, 5.74) is 0. The highest BCUT2D eigenvalue weighted by Crippen LogP contribution is 2.19. The highest BCUT2D eigenvalue weighted by molar-refractivity contribution is 8.13. The predicted octanol–water partition coefficient (Wildman–Crippen LogP) is 4.05. The zero-order chi connectivity index (χ0) is 15.7. The normalized spacial score (nSPS) is 11.8. The minimum absolute atomic E-state index is 0.0819. The Kier molecular flexibility index (Phi) is 8.05. The molecule has 5 heteroatoms. The van der Waals surface area contributed by atoms with Crippen molar-refractivity contribution in [1.29, 1.82) is 0 Å². The fourth-order valence-corrected chi connectivity index (χ4v) is 2.15. The number of thioether (sulfide) groups is 1. The highest BCUT2D eigenvalue weighted by Gasteiger charge is 2.07. The van der Waals surface area contributed by atoms with Gasteiger partial charge in [-0.25, -0.2) is 0 Å². The van der Waals surface area contributed by atoms with Gasteiger partial charge < -0.3 is 14.4 Å². The third kappa shape index (κ3) is 6.76. The van der Waals surface area contributed by atoms with Crippen LogP contribution in [-0.4, -0.2) is 42.2 Å². The lowest BCUT2D eigenvalue weighted by Gasteiger charge is -2.14. The predicted molar refractivity (Wildman–Crippen MR) is 88.5 cm³/mol. The molecular formula is C16H25NO3S. The van der Waals surface area contributed by atoms with Crippen LogP contribution in [-0.2, 0) is 0 Å². The lowest BCUT2D eigenvalue weighted by Crippen LogP contribution is -2.22. The summed E-state index contributed by atoms with van der Waals surface area (Å²) < 4.78 is 11.3. The number of amides is 1. The second-order valence-electron chi connectivity index (χ2n) is 4.79. The summed E-state index contributed by atoms with van der Waals surface area (Å²) in [7, 11) is 1.80. The Hall–Kier alpha value is -1.36. The summed E-state index contributed by atoms with van der Waals surface area (Å²) in [5, 5.41) is 0.0819. The molecule has 0 radical (unpaired) electrons. The average Bonchev–Trinajstić information content (AvgIpc) is 2.51. The zero-order valence-corrected chi connectivity index (χ0v) is 14.1. The molecule has 0 aliphatic rings. The summed E-state index contributed by atoms with van der Waals surface area (Å²) >= 11 is 1.28. The third-order valence-corrected chi connectivity index (χ3v) is 4.03. The molecule has 1 unspecified atom stereocenters. The van der Waals surface area contributed by atoms with Crippen LogP contribution >= 0.6 is 11.8 Å². The molecule has 0 heterocycles. The van der Waals surface area contributed by atoms with Gasteiger partial charge in [0.25, 0.3) is 5.24 Å². The van der Waals surface area contributed by atoms with Crippen LogP contribution in [0.5, 0.6) is 11.5 Å². The van der Waals surface area contributed by atoms with Crippen molar-refractivity contribution in [2.24, 2.45) is 0 Å². The molecule has 1 aromatic rings. The zero-order valence-electron chi connectivity index (χ0n) is 13.3. The summed E-state index contributed by atoms with van der Waals surface area (Å²) in [6.07, 6.45) is 1.20. The molecule has 0 saturated carbocycles. The Morgan fingerprint density at radius 2 is 1.86 bits per heavy atom. The van der Waals surface area contributed by atoms with E-state index in [9.17, 15) is 4.79 Å². The molecule has 118 valence electrons. The van der Waals surface area contributed by atoms with Gasteiger partial charge in [0.15, 0.2) is 0 Å².